The summed E-state index contributed by atoms with van der Waals surface area (Å²) in [6.45, 7) is 8.10. The summed E-state index contributed by atoms with van der Waals surface area (Å²) in [7, 11) is 0. The van der Waals surface area contributed by atoms with Crippen molar-refractivity contribution in [3.8, 4) is 27.8 Å². The third-order valence-corrected chi connectivity index (χ3v) is 7.57. The number of nitrogens with one attached hydrogen (secondary N) is 1. The Kier molecular flexibility index (Phi) is 7.32. The van der Waals surface area contributed by atoms with Crippen molar-refractivity contribution in [3.05, 3.63) is 58.1 Å². The molecule has 3 aromatic rings. The lowest BCUT2D eigenvalue weighted by Crippen LogP contribution is -2.41. The Morgan fingerprint density at radius 1 is 1.11 bits per heavy atom. The van der Waals surface area contributed by atoms with Gasteiger partial charge in [-0.1, -0.05) is 24.3 Å². The molecular formula is C28H31N3O5S. The summed E-state index contributed by atoms with van der Waals surface area (Å²) >= 11 is 1.51. The molecule has 1 aliphatic heterocycles. The molecule has 0 bridgehead atoms. The summed E-state index contributed by atoms with van der Waals surface area (Å²) in [5.74, 6) is 1.54. The summed E-state index contributed by atoms with van der Waals surface area (Å²) in [6, 6.07) is 11.4. The van der Waals surface area contributed by atoms with Crippen molar-refractivity contribution in [2.75, 3.05) is 32.8 Å². The van der Waals surface area contributed by atoms with Gasteiger partial charge in [-0.3, -0.25) is 4.79 Å². The zero-order valence-corrected chi connectivity index (χ0v) is 22.2. The number of carbonyl (C=O) groups is 2. The van der Waals surface area contributed by atoms with Gasteiger partial charge in [-0.2, -0.15) is 0 Å². The molecule has 0 spiro atoms. The SMILES string of the molecule is Cc1nc(OC(=O)N(CCNC(=O)c2cccc3c2OCCO3)CC2CC2)c(-c2ccc(C)c(C)c2)s1. The summed E-state index contributed by atoms with van der Waals surface area (Å²) in [5, 5.41) is 3.74. The molecule has 9 heteroatoms. The van der Waals surface area contributed by atoms with Crippen molar-refractivity contribution in [1.29, 1.82) is 0 Å². The average molecular weight is 522 g/mol. The van der Waals surface area contributed by atoms with Crippen LogP contribution in [0.2, 0.25) is 0 Å². The quantitative estimate of drug-likeness (QED) is 0.441. The predicted octanol–water partition coefficient (Wildman–Crippen LogP) is 5.15. The number of nitrogens with zero attached hydrogens (tertiary/aromatic N) is 2. The molecule has 2 aliphatic rings. The Morgan fingerprint density at radius 3 is 2.70 bits per heavy atom. The monoisotopic (exact) mass is 521 g/mol. The highest BCUT2D eigenvalue weighted by Gasteiger charge is 2.29. The van der Waals surface area contributed by atoms with Gasteiger partial charge >= 0.3 is 6.09 Å². The predicted molar refractivity (Wildman–Crippen MR) is 142 cm³/mol. The Labute approximate surface area is 220 Å². The maximum atomic E-state index is 13.2. The first-order valence-corrected chi connectivity index (χ1v) is 13.4. The number of aromatic nitrogens is 1. The molecule has 2 heterocycles. The number of thiazole rings is 1. The van der Waals surface area contributed by atoms with Crippen LogP contribution in [0.4, 0.5) is 4.79 Å². The van der Waals surface area contributed by atoms with E-state index in [1.807, 2.05) is 13.0 Å². The third-order valence-electron chi connectivity index (χ3n) is 6.57. The van der Waals surface area contributed by atoms with Crippen molar-refractivity contribution in [3.63, 3.8) is 0 Å². The van der Waals surface area contributed by atoms with Crippen molar-refractivity contribution >= 4 is 23.3 Å². The zero-order chi connectivity index (χ0) is 25.9. The summed E-state index contributed by atoms with van der Waals surface area (Å²) in [4.78, 5) is 33.1. The minimum atomic E-state index is -0.453. The van der Waals surface area contributed by atoms with Crippen LogP contribution in [0.5, 0.6) is 17.4 Å². The van der Waals surface area contributed by atoms with E-state index in [2.05, 4.69) is 36.3 Å². The van der Waals surface area contributed by atoms with Crippen molar-refractivity contribution in [1.82, 2.24) is 15.2 Å². The molecule has 0 unspecified atom stereocenters. The fraction of sp³-hybridized carbons (Fsp3) is 0.393. The maximum absolute atomic E-state index is 13.2. The normalized spacial score (nSPS) is 14.2. The number of rotatable bonds is 8. The van der Waals surface area contributed by atoms with Gasteiger partial charge < -0.3 is 24.4 Å². The van der Waals surface area contributed by atoms with Crippen molar-refractivity contribution < 1.29 is 23.8 Å². The fourth-order valence-electron chi connectivity index (χ4n) is 4.21. The Morgan fingerprint density at radius 2 is 1.92 bits per heavy atom. The first kappa shape index (κ1) is 25.1. The molecule has 1 saturated carbocycles. The lowest BCUT2D eigenvalue weighted by molar-refractivity contribution is 0.0933. The van der Waals surface area contributed by atoms with E-state index in [-0.39, 0.29) is 12.5 Å². The molecule has 0 saturated heterocycles. The van der Waals surface area contributed by atoms with E-state index in [0.29, 0.717) is 55.2 Å². The molecule has 0 atom stereocenters. The second-order valence-electron chi connectivity index (χ2n) is 9.51. The van der Waals surface area contributed by atoms with Gasteiger partial charge in [-0.15, -0.1) is 11.3 Å². The van der Waals surface area contributed by atoms with Gasteiger partial charge in [0.15, 0.2) is 11.5 Å². The number of hydrogen-bond donors (Lipinski definition) is 1. The largest absolute Gasteiger partial charge is 0.486 e. The molecule has 0 radical (unpaired) electrons. The number of aryl methyl sites for hydroxylation is 3. The van der Waals surface area contributed by atoms with Crippen LogP contribution in [-0.2, 0) is 0 Å². The van der Waals surface area contributed by atoms with Crippen LogP contribution < -0.4 is 19.5 Å². The Balaban J connectivity index is 1.25. The second kappa shape index (κ2) is 10.8. The second-order valence-corrected chi connectivity index (χ2v) is 10.7. The van der Waals surface area contributed by atoms with Crippen LogP contribution in [0.15, 0.2) is 36.4 Å². The van der Waals surface area contributed by atoms with Gasteiger partial charge in [-0.05, 0) is 68.4 Å². The number of hydrogen-bond acceptors (Lipinski definition) is 7. The first-order chi connectivity index (χ1) is 17.9. The van der Waals surface area contributed by atoms with Crippen molar-refractivity contribution in [2.24, 2.45) is 5.92 Å². The molecule has 1 aliphatic carbocycles. The van der Waals surface area contributed by atoms with Gasteiger partial charge in [0.2, 0.25) is 5.88 Å². The molecule has 5 rings (SSSR count). The van der Waals surface area contributed by atoms with Crippen LogP contribution in [0.1, 0.15) is 39.3 Å². The lowest BCUT2D eigenvalue weighted by atomic mass is 10.1. The van der Waals surface area contributed by atoms with Crippen molar-refractivity contribution in [2.45, 2.75) is 33.6 Å². The van der Waals surface area contributed by atoms with E-state index in [4.69, 9.17) is 14.2 Å². The number of carbonyl (C=O) groups excluding carboxylic acids is 2. The average Bonchev–Trinajstić information content (AvgIpc) is 3.64. The number of ether oxygens (including phenoxy) is 3. The molecule has 1 fully saturated rings. The molecule has 1 aromatic heterocycles. The molecule has 2 aromatic carbocycles. The van der Waals surface area contributed by atoms with Crippen LogP contribution in [-0.4, -0.2) is 54.7 Å². The van der Waals surface area contributed by atoms with E-state index in [1.165, 1.54) is 22.5 Å². The molecule has 1 N–H and O–H groups in total. The first-order valence-electron chi connectivity index (χ1n) is 12.6. The van der Waals surface area contributed by atoms with Crippen LogP contribution in [0, 0.1) is 26.7 Å². The van der Waals surface area contributed by atoms with E-state index in [0.717, 1.165) is 28.3 Å². The number of amides is 2. The van der Waals surface area contributed by atoms with E-state index in [1.54, 1.807) is 23.1 Å². The van der Waals surface area contributed by atoms with Crippen LogP contribution in [0.3, 0.4) is 0 Å². The highest BCUT2D eigenvalue weighted by atomic mass is 32.1. The fourth-order valence-corrected chi connectivity index (χ4v) is 5.05. The molecule has 8 nitrogen and oxygen atoms in total. The summed E-state index contributed by atoms with van der Waals surface area (Å²) < 4.78 is 17.1. The van der Waals surface area contributed by atoms with Gasteiger partial charge in [0.1, 0.15) is 13.2 Å². The highest BCUT2D eigenvalue weighted by molar-refractivity contribution is 7.15. The standard InChI is InChI=1S/C28H31N3O5S/c1-17-7-10-21(15-18(17)2)25-27(30-19(3)37-25)36-28(33)31(16-20-8-9-20)12-11-29-26(32)22-5-4-6-23-24(22)35-14-13-34-23/h4-7,10,15,20H,8-9,11-14,16H2,1-3H3,(H,29,32). The van der Waals surface area contributed by atoms with Gasteiger partial charge in [0, 0.05) is 19.6 Å². The van der Waals surface area contributed by atoms with Gasteiger partial charge in [0.05, 0.1) is 15.4 Å². The van der Waals surface area contributed by atoms with Crippen LogP contribution >= 0.6 is 11.3 Å². The Bertz CT molecular complexity index is 1320. The minimum Gasteiger partial charge on any atom is -0.486 e. The van der Waals surface area contributed by atoms with Crippen LogP contribution in [0.25, 0.3) is 10.4 Å². The van der Waals surface area contributed by atoms with Gasteiger partial charge in [0.25, 0.3) is 5.91 Å². The topological polar surface area (TPSA) is 90.0 Å². The van der Waals surface area contributed by atoms with E-state index in [9.17, 15) is 9.59 Å². The number of para-hydroxylation sites is 1. The molecule has 194 valence electrons. The zero-order valence-electron chi connectivity index (χ0n) is 21.3. The molecule has 37 heavy (non-hydrogen) atoms. The Hall–Kier alpha value is -3.59. The number of fused-ring (bicyclic) bond motifs is 1. The summed E-state index contributed by atoms with van der Waals surface area (Å²) in [5.41, 5.74) is 3.78. The maximum Gasteiger partial charge on any atom is 0.416 e. The molecular weight excluding hydrogens is 490 g/mol. The smallest absolute Gasteiger partial charge is 0.416 e. The minimum absolute atomic E-state index is 0.269. The molecule has 2 amide bonds. The lowest BCUT2D eigenvalue weighted by Gasteiger charge is -2.23. The third kappa shape index (κ3) is 5.88. The highest BCUT2D eigenvalue weighted by Crippen LogP contribution is 2.37. The summed E-state index contributed by atoms with van der Waals surface area (Å²) in [6.07, 6.45) is 1.73. The number of benzene rings is 2. The van der Waals surface area contributed by atoms with E-state index < -0.39 is 6.09 Å². The van der Waals surface area contributed by atoms with Gasteiger partial charge in [-0.25, -0.2) is 9.78 Å². The van der Waals surface area contributed by atoms with E-state index >= 15 is 0 Å².